The van der Waals surface area contributed by atoms with Crippen LogP contribution >= 0.6 is 0 Å². The quantitative estimate of drug-likeness (QED) is 0.751. The standard InChI is InChI=1S/C13H26N2/c1-12-4-3-8-15(9-6-12)11-13-5-2-7-14-10-13/h12-14H,2-11H2,1H3. The van der Waals surface area contributed by atoms with E-state index in [2.05, 4.69) is 17.1 Å². The molecule has 0 aromatic carbocycles. The lowest BCUT2D eigenvalue weighted by Crippen LogP contribution is -2.38. The summed E-state index contributed by atoms with van der Waals surface area (Å²) < 4.78 is 0. The van der Waals surface area contributed by atoms with Crippen LogP contribution < -0.4 is 5.32 Å². The third-order valence-electron chi connectivity index (χ3n) is 4.02. The summed E-state index contributed by atoms with van der Waals surface area (Å²) in [5.41, 5.74) is 0. The lowest BCUT2D eigenvalue weighted by Gasteiger charge is -2.29. The predicted octanol–water partition coefficient (Wildman–Crippen LogP) is 2.11. The lowest BCUT2D eigenvalue weighted by molar-refractivity contribution is 0.213. The lowest BCUT2D eigenvalue weighted by atomic mass is 9.99. The Hall–Kier alpha value is -0.0800. The third-order valence-corrected chi connectivity index (χ3v) is 4.02. The van der Waals surface area contributed by atoms with Crippen molar-refractivity contribution in [3.63, 3.8) is 0 Å². The minimum absolute atomic E-state index is 0.923. The molecule has 2 aliphatic heterocycles. The maximum atomic E-state index is 3.52. The van der Waals surface area contributed by atoms with Gasteiger partial charge < -0.3 is 10.2 Å². The van der Waals surface area contributed by atoms with Gasteiger partial charge in [0.15, 0.2) is 0 Å². The first kappa shape index (κ1) is 11.4. The van der Waals surface area contributed by atoms with Crippen LogP contribution in [0.3, 0.4) is 0 Å². The number of hydrogen-bond acceptors (Lipinski definition) is 2. The molecule has 2 rings (SSSR count). The van der Waals surface area contributed by atoms with Crippen molar-refractivity contribution in [3.05, 3.63) is 0 Å². The zero-order valence-corrected chi connectivity index (χ0v) is 10.2. The summed E-state index contributed by atoms with van der Waals surface area (Å²) in [5, 5.41) is 3.52. The second-order valence-corrected chi connectivity index (χ2v) is 5.55. The number of nitrogens with zero attached hydrogens (tertiary/aromatic N) is 1. The molecule has 0 spiro atoms. The van der Waals surface area contributed by atoms with Crippen LogP contribution in [0.1, 0.15) is 39.0 Å². The fraction of sp³-hybridized carbons (Fsp3) is 1.00. The highest BCUT2D eigenvalue weighted by Gasteiger charge is 2.19. The van der Waals surface area contributed by atoms with Gasteiger partial charge in [-0.3, -0.25) is 0 Å². The number of piperidine rings is 1. The number of hydrogen-bond donors (Lipinski definition) is 1. The third kappa shape index (κ3) is 3.76. The van der Waals surface area contributed by atoms with E-state index >= 15 is 0 Å². The van der Waals surface area contributed by atoms with Crippen molar-refractivity contribution in [1.29, 1.82) is 0 Å². The Morgan fingerprint density at radius 2 is 2.07 bits per heavy atom. The molecule has 0 aliphatic carbocycles. The SMILES string of the molecule is CC1CCCN(CC2CCCNC2)CC1. The van der Waals surface area contributed by atoms with Gasteiger partial charge in [0.05, 0.1) is 0 Å². The van der Waals surface area contributed by atoms with Gasteiger partial charge >= 0.3 is 0 Å². The van der Waals surface area contributed by atoms with Crippen LogP contribution in [0, 0.1) is 11.8 Å². The second-order valence-electron chi connectivity index (χ2n) is 5.55. The average Bonchev–Trinajstić information content (AvgIpc) is 2.46. The molecule has 1 N–H and O–H groups in total. The monoisotopic (exact) mass is 210 g/mol. The molecule has 0 aromatic heterocycles. The smallest absolute Gasteiger partial charge is 0.00218 e. The molecular formula is C13H26N2. The van der Waals surface area contributed by atoms with Crippen molar-refractivity contribution >= 4 is 0 Å². The maximum Gasteiger partial charge on any atom is 0.00218 e. The van der Waals surface area contributed by atoms with Gasteiger partial charge in [0, 0.05) is 6.54 Å². The summed E-state index contributed by atoms with van der Waals surface area (Å²) >= 11 is 0. The zero-order valence-electron chi connectivity index (χ0n) is 10.2. The van der Waals surface area contributed by atoms with Gasteiger partial charge in [-0.2, -0.15) is 0 Å². The van der Waals surface area contributed by atoms with Crippen molar-refractivity contribution in [2.24, 2.45) is 11.8 Å². The highest BCUT2D eigenvalue weighted by molar-refractivity contribution is 4.75. The van der Waals surface area contributed by atoms with E-state index in [1.165, 1.54) is 64.8 Å². The van der Waals surface area contributed by atoms with Crippen LogP contribution in [0.2, 0.25) is 0 Å². The van der Waals surface area contributed by atoms with Crippen LogP contribution in [0.15, 0.2) is 0 Å². The van der Waals surface area contributed by atoms with Crippen molar-refractivity contribution in [3.8, 4) is 0 Å². The van der Waals surface area contributed by atoms with Crippen molar-refractivity contribution < 1.29 is 0 Å². The molecular weight excluding hydrogens is 184 g/mol. The van der Waals surface area contributed by atoms with Crippen LogP contribution in [0.25, 0.3) is 0 Å². The Morgan fingerprint density at radius 3 is 2.87 bits per heavy atom. The van der Waals surface area contributed by atoms with Crippen molar-refractivity contribution in [2.45, 2.75) is 39.0 Å². The first-order chi connectivity index (χ1) is 7.34. The molecule has 2 atom stereocenters. The Bertz CT molecular complexity index is 175. The van der Waals surface area contributed by atoms with Gasteiger partial charge in [0.2, 0.25) is 0 Å². The van der Waals surface area contributed by atoms with Gasteiger partial charge in [-0.25, -0.2) is 0 Å². The predicted molar refractivity (Wildman–Crippen MR) is 65.0 cm³/mol. The molecule has 2 fully saturated rings. The van der Waals surface area contributed by atoms with E-state index in [0.717, 1.165) is 11.8 Å². The first-order valence-corrected chi connectivity index (χ1v) is 6.77. The minimum Gasteiger partial charge on any atom is -0.316 e. The molecule has 2 heteroatoms. The molecule has 0 aromatic rings. The van der Waals surface area contributed by atoms with Gasteiger partial charge in [0.1, 0.15) is 0 Å². The molecule has 2 heterocycles. The molecule has 88 valence electrons. The van der Waals surface area contributed by atoms with E-state index < -0.39 is 0 Å². The van der Waals surface area contributed by atoms with Crippen LogP contribution in [-0.2, 0) is 0 Å². The Kier molecular flexibility index (Phi) is 4.45. The Labute approximate surface area is 94.4 Å². The highest BCUT2D eigenvalue weighted by atomic mass is 15.1. The largest absolute Gasteiger partial charge is 0.316 e. The van der Waals surface area contributed by atoms with E-state index in [0.29, 0.717) is 0 Å². The first-order valence-electron chi connectivity index (χ1n) is 6.77. The summed E-state index contributed by atoms with van der Waals surface area (Å²) in [6, 6.07) is 0. The Balaban J connectivity index is 1.72. The number of nitrogens with one attached hydrogen (secondary N) is 1. The fourth-order valence-corrected chi connectivity index (χ4v) is 2.95. The van der Waals surface area contributed by atoms with E-state index in [9.17, 15) is 0 Å². The molecule has 15 heavy (non-hydrogen) atoms. The second kappa shape index (κ2) is 5.86. The van der Waals surface area contributed by atoms with Gasteiger partial charge in [-0.05, 0) is 70.1 Å². The van der Waals surface area contributed by atoms with E-state index in [1.54, 1.807) is 0 Å². The maximum absolute atomic E-state index is 3.52. The van der Waals surface area contributed by atoms with Crippen LogP contribution in [0.5, 0.6) is 0 Å². The summed E-state index contributed by atoms with van der Waals surface area (Å²) in [6.07, 6.45) is 7.11. The van der Waals surface area contributed by atoms with Crippen LogP contribution in [-0.4, -0.2) is 37.6 Å². The number of likely N-dealkylation sites (tertiary alicyclic amines) is 1. The minimum atomic E-state index is 0.923. The van der Waals surface area contributed by atoms with Gasteiger partial charge in [-0.1, -0.05) is 6.92 Å². The molecule has 0 saturated carbocycles. The van der Waals surface area contributed by atoms with E-state index in [4.69, 9.17) is 0 Å². The molecule has 0 amide bonds. The molecule has 0 radical (unpaired) electrons. The van der Waals surface area contributed by atoms with Crippen LogP contribution in [0.4, 0.5) is 0 Å². The summed E-state index contributed by atoms with van der Waals surface area (Å²) in [6.45, 7) is 8.95. The zero-order chi connectivity index (χ0) is 10.5. The highest BCUT2D eigenvalue weighted by Crippen LogP contribution is 2.19. The number of rotatable bonds is 2. The van der Waals surface area contributed by atoms with Gasteiger partial charge in [-0.15, -0.1) is 0 Å². The summed E-state index contributed by atoms with van der Waals surface area (Å²) in [7, 11) is 0. The topological polar surface area (TPSA) is 15.3 Å². The molecule has 2 nitrogen and oxygen atoms in total. The van der Waals surface area contributed by atoms with Gasteiger partial charge in [0.25, 0.3) is 0 Å². The van der Waals surface area contributed by atoms with E-state index in [1.807, 2.05) is 0 Å². The summed E-state index contributed by atoms with van der Waals surface area (Å²) in [5.74, 6) is 1.88. The molecule has 2 aliphatic rings. The fourth-order valence-electron chi connectivity index (χ4n) is 2.95. The summed E-state index contributed by atoms with van der Waals surface area (Å²) in [4.78, 5) is 2.71. The molecule has 2 saturated heterocycles. The van der Waals surface area contributed by atoms with Crippen molar-refractivity contribution in [2.75, 3.05) is 32.7 Å². The molecule has 0 bridgehead atoms. The van der Waals surface area contributed by atoms with Crippen molar-refractivity contribution in [1.82, 2.24) is 10.2 Å². The average molecular weight is 210 g/mol. The Morgan fingerprint density at radius 1 is 1.13 bits per heavy atom. The normalized spacial score (nSPS) is 35.0. The van der Waals surface area contributed by atoms with E-state index in [-0.39, 0.29) is 0 Å². The molecule has 2 unspecified atom stereocenters.